The van der Waals surface area contributed by atoms with E-state index < -0.39 is 0 Å². The molecule has 2 aliphatic heterocycles. The molecule has 0 saturated carbocycles. The molecule has 1 aromatic carbocycles. The molecule has 4 heteroatoms. The zero-order valence-corrected chi connectivity index (χ0v) is 14.9. The monoisotopic (exact) mass is 335 g/mol. The Hall–Kier alpha value is -2.20. The van der Waals surface area contributed by atoms with E-state index in [1.165, 1.54) is 11.1 Å². The Labute approximate surface area is 149 Å². The van der Waals surface area contributed by atoms with E-state index in [1.807, 2.05) is 19.1 Å². The Bertz CT molecular complexity index is 788. The number of nitrogens with one attached hydrogen (secondary N) is 1. The first kappa shape index (κ1) is 16.3. The van der Waals surface area contributed by atoms with Crippen molar-refractivity contribution in [1.29, 1.82) is 0 Å². The highest BCUT2D eigenvalue weighted by molar-refractivity contribution is 5.79. The van der Waals surface area contributed by atoms with Gasteiger partial charge in [-0.15, -0.1) is 0 Å². The fourth-order valence-electron chi connectivity index (χ4n) is 4.45. The van der Waals surface area contributed by atoms with E-state index in [1.54, 1.807) is 6.20 Å². The van der Waals surface area contributed by atoms with Crippen molar-refractivity contribution in [2.75, 3.05) is 19.6 Å². The molecule has 0 bridgehead atoms. The Morgan fingerprint density at radius 1 is 1.24 bits per heavy atom. The Balaban J connectivity index is 1.63. The van der Waals surface area contributed by atoms with Gasteiger partial charge in [0, 0.05) is 37.4 Å². The van der Waals surface area contributed by atoms with Gasteiger partial charge in [-0.05, 0) is 48.6 Å². The molecule has 1 N–H and O–H groups in total. The topological polar surface area (TPSA) is 45.2 Å². The Kier molecular flexibility index (Phi) is 4.30. The summed E-state index contributed by atoms with van der Waals surface area (Å²) in [6.45, 7) is 7.05. The molecule has 1 amide bonds. The summed E-state index contributed by atoms with van der Waals surface area (Å²) in [6, 6.07) is 12.7. The molecule has 3 atom stereocenters. The van der Waals surface area contributed by atoms with E-state index in [0.29, 0.717) is 18.3 Å². The van der Waals surface area contributed by atoms with Crippen LogP contribution in [0, 0.1) is 25.7 Å². The molecular formula is C21H25N3O. The first-order valence-corrected chi connectivity index (χ1v) is 9.10. The second kappa shape index (κ2) is 6.60. The van der Waals surface area contributed by atoms with Gasteiger partial charge in [0.05, 0.1) is 12.5 Å². The SMILES string of the molecule is Cc1ccnc(CC(=O)N2C[C@@H]3CNC[C@@H]3[C@H]2c2ccccc2C)c1. The van der Waals surface area contributed by atoms with Crippen LogP contribution < -0.4 is 5.32 Å². The number of pyridine rings is 1. The summed E-state index contributed by atoms with van der Waals surface area (Å²) in [5, 5.41) is 3.51. The Morgan fingerprint density at radius 3 is 2.88 bits per heavy atom. The highest BCUT2D eigenvalue weighted by Gasteiger charge is 2.46. The number of hydrogen-bond donors (Lipinski definition) is 1. The lowest BCUT2D eigenvalue weighted by molar-refractivity contribution is -0.132. The number of aromatic nitrogens is 1. The first-order chi connectivity index (χ1) is 12.1. The smallest absolute Gasteiger partial charge is 0.229 e. The summed E-state index contributed by atoms with van der Waals surface area (Å²) in [5.41, 5.74) is 4.58. The molecule has 2 fully saturated rings. The van der Waals surface area contributed by atoms with Gasteiger partial charge in [-0.2, -0.15) is 0 Å². The summed E-state index contributed by atoms with van der Waals surface area (Å²) in [5.74, 6) is 1.26. The number of carbonyl (C=O) groups excluding carboxylic acids is 1. The van der Waals surface area contributed by atoms with E-state index in [9.17, 15) is 4.79 Å². The molecule has 0 spiro atoms. The van der Waals surface area contributed by atoms with E-state index in [2.05, 4.69) is 46.4 Å². The third-order valence-electron chi connectivity index (χ3n) is 5.70. The van der Waals surface area contributed by atoms with Crippen molar-refractivity contribution in [2.24, 2.45) is 11.8 Å². The molecule has 2 saturated heterocycles. The van der Waals surface area contributed by atoms with Gasteiger partial charge in [0.2, 0.25) is 5.91 Å². The number of fused-ring (bicyclic) bond motifs is 1. The highest BCUT2D eigenvalue weighted by Crippen LogP contribution is 2.43. The first-order valence-electron chi connectivity index (χ1n) is 9.10. The molecule has 130 valence electrons. The lowest BCUT2D eigenvalue weighted by atomic mass is 9.87. The molecule has 0 radical (unpaired) electrons. The van der Waals surface area contributed by atoms with Crippen LogP contribution in [0.25, 0.3) is 0 Å². The van der Waals surface area contributed by atoms with Crippen LogP contribution in [-0.4, -0.2) is 35.4 Å². The molecule has 3 heterocycles. The van der Waals surface area contributed by atoms with Crippen molar-refractivity contribution in [3.63, 3.8) is 0 Å². The molecule has 1 aromatic heterocycles. The van der Waals surface area contributed by atoms with Crippen LogP contribution >= 0.6 is 0 Å². The maximum atomic E-state index is 13.1. The molecule has 0 unspecified atom stereocenters. The maximum Gasteiger partial charge on any atom is 0.229 e. The quantitative estimate of drug-likeness (QED) is 0.938. The number of likely N-dealkylation sites (tertiary alicyclic amines) is 1. The van der Waals surface area contributed by atoms with Crippen LogP contribution in [0.15, 0.2) is 42.6 Å². The van der Waals surface area contributed by atoms with E-state index in [0.717, 1.165) is 30.9 Å². The van der Waals surface area contributed by atoms with Crippen LogP contribution in [0.2, 0.25) is 0 Å². The number of amides is 1. The van der Waals surface area contributed by atoms with E-state index in [4.69, 9.17) is 0 Å². The van der Waals surface area contributed by atoms with E-state index >= 15 is 0 Å². The third kappa shape index (κ3) is 3.07. The van der Waals surface area contributed by atoms with Crippen molar-refractivity contribution in [3.8, 4) is 0 Å². The lowest BCUT2D eigenvalue weighted by Crippen LogP contribution is -2.36. The van der Waals surface area contributed by atoms with Crippen molar-refractivity contribution in [2.45, 2.75) is 26.3 Å². The predicted octanol–water partition coefficient (Wildman–Crippen LogP) is 2.66. The van der Waals surface area contributed by atoms with Gasteiger partial charge in [0.1, 0.15) is 0 Å². The summed E-state index contributed by atoms with van der Waals surface area (Å²) in [6.07, 6.45) is 2.18. The molecule has 4 nitrogen and oxygen atoms in total. The summed E-state index contributed by atoms with van der Waals surface area (Å²) in [7, 11) is 0. The summed E-state index contributed by atoms with van der Waals surface area (Å²) in [4.78, 5) is 19.6. The maximum absolute atomic E-state index is 13.1. The van der Waals surface area contributed by atoms with Crippen LogP contribution in [0.1, 0.15) is 28.4 Å². The number of benzene rings is 1. The van der Waals surface area contributed by atoms with Gasteiger partial charge in [-0.1, -0.05) is 24.3 Å². The largest absolute Gasteiger partial charge is 0.335 e. The highest BCUT2D eigenvalue weighted by atomic mass is 16.2. The average Bonchev–Trinajstić information content (AvgIpc) is 3.16. The number of nitrogens with zero attached hydrogens (tertiary/aromatic N) is 2. The second-order valence-electron chi connectivity index (χ2n) is 7.43. The van der Waals surface area contributed by atoms with Gasteiger partial charge in [-0.25, -0.2) is 0 Å². The number of aryl methyl sites for hydroxylation is 2. The Morgan fingerprint density at radius 2 is 2.08 bits per heavy atom. The van der Waals surface area contributed by atoms with Gasteiger partial charge in [0.15, 0.2) is 0 Å². The molecular weight excluding hydrogens is 310 g/mol. The zero-order valence-electron chi connectivity index (χ0n) is 14.9. The summed E-state index contributed by atoms with van der Waals surface area (Å²) < 4.78 is 0. The lowest BCUT2D eigenvalue weighted by Gasteiger charge is -2.29. The minimum Gasteiger partial charge on any atom is -0.335 e. The fraction of sp³-hybridized carbons (Fsp3) is 0.429. The van der Waals surface area contributed by atoms with Crippen LogP contribution in [0.3, 0.4) is 0 Å². The minimum atomic E-state index is 0.179. The standard InChI is InChI=1S/C21H25N3O/c1-14-7-8-23-17(9-14)10-20(25)24-13-16-11-22-12-19(16)21(24)18-6-4-3-5-15(18)2/h3-9,16,19,21-22H,10-13H2,1-2H3/t16-,19-,21+/m0/s1. The molecule has 2 aliphatic rings. The van der Waals surface area contributed by atoms with Gasteiger partial charge in [-0.3, -0.25) is 9.78 Å². The van der Waals surface area contributed by atoms with Crippen molar-refractivity contribution in [3.05, 3.63) is 65.0 Å². The molecule has 0 aliphatic carbocycles. The fourth-order valence-corrected chi connectivity index (χ4v) is 4.45. The molecule has 25 heavy (non-hydrogen) atoms. The van der Waals surface area contributed by atoms with Crippen LogP contribution in [0.4, 0.5) is 0 Å². The van der Waals surface area contributed by atoms with Gasteiger partial charge >= 0.3 is 0 Å². The van der Waals surface area contributed by atoms with Crippen molar-refractivity contribution in [1.82, 2.24) is 15.2 Å². The van der Waals surface area contributed by atoms with Crippen LogP contribution in [-0.2, 0) is 11.2 Å². The number of rotatable bonds is 3. The molecule has 2 aromatic rings. The van der Waals surface area contributed by atoms with Crippen molar-refractivity contribution < 1.29 is 4.79 Å². The van der Waals surface area contributed by atoms with E-state index in [-0.39, 0.29) is 11.9 Å². The van der Waals surface area contributed by atoms with Crippen molar-refractivity contribution >= 4 is 5.91 Å². The van der Waals surface area contributed by atoms with Gasteiger partial charge < -0.3 is 10.2 Å². The molecule has 4 rings (SSSR count). The minimum absolute atomic E-state index is 0.179. The predicted molar refractivity (Wildman–Crippen MR) is 98.2 cm³/mol. The van der Waals surface area contributed by atoms with Gasteiger partial charge in [0.25, 0.3) is 0 Å². The number of hydrogen-bond acceptors (Lipinski definition) is 3. The number of carbonyl (C=O) groups is 1. The zero-order chi connectivity index (χ0) is 17.4. The third-order valence-corrected chi connectivity index (χ3v) is 5.70. The van der Waals surface area contributed by atoms with Crippen LogP contribution in [0.5, 0.6) is 0 Å². The summed E-state index contributed by atoms with van der Waals surface area (Å²) >= 11 is 0. The normalized spacial score (nSPS) is 25.2. The average molecular weight is 335 g/mol. The second-order valence-corrected chi connectivity index (χ2v) is 7.43.